The number of rotatable bonds is 3. The minimum atomic E-state index is 0.0531. The highest BCUT2D eigenvalue weighted by molar-refractivity contribution is 5.82. The molecule has 4 heteroatoms. The quantitative estimate of drug-likeness (QED) is 0.828. The molecule has 0 aromatic heterocycles. The maximum Gasteiger partial charge on any atom is 0.239 e. The van der Waals surface area contributed by atoms with Crippen LogP contribution in [0.1, 0.15) is 39.5 Å². The monoisotopic (exact) mass is 254 g/mol. The number of amides is 1. The van der Waals surface area contributed by atoms with Gasteiger partial charge in [0.25, 0.3) is 0 Å². The zero-order chi connectivity index (χ0) is 13.0. The first-order valence-electron chi connectivity index (χ1n) is 7.34. The van der Waals surface area contributed by atoms with Gasteiger partial charge in [-0.2, -0.15) is 0 Å². The molecule has 2 fully saturated rings. The smallest absolute Gasteiger partial charge is 0.239 e. The number of carbonyl (C=O) groups is 1. The Kier molecular flexibility index (Phi) is 5.01. The van der Waals surface area contributed by atoms with Crippen molar-refractivity contribution in [2.24, 2.45) is 5.92 Å². The van der Waals surface area contributed by atoms with E-state index in [0.29, 0.717) is 17.9 Å². The summed E-state index contributed by atoms with van der Waals surface area (Å²) in [7, 11) is 0. The predicted octanol–water partition coefficient (Wildman–Crippen LogP) is 1.40. The first-order valence-corrected chi connectivity index (χ1v) is 7.34. The predicted molar refractivity (Wildman–Crippen MR) is 71.4 cm³/mol. The Morgan fingerprint density at radius 3 is 2.67 bits per heavy atom. The van der Waals surface area contributed by atoms with Gasteiger partial charge in [-0.1, -0.05) is 6.92 Å². The number of piperidine rings is 2. The molecular formula is C14H26N2O2. The molecule has 1 amide bonds. The largest absolute Gasteiger partial charge is 0.378 e. The average molecular weight is 254 g/mol. The molecule has 18 heavy (non-hydrogen) atoms. The lowest BCUT2D eigenvalue weighted by Crippen LogP contribution is -2.52. The highest BCUT2D eigenvalue weighted by Crippen LogP contribution is 2.19. The first-order chi connectivity index (χ1) is 8.70. The Morgan fingerprint density at radius 2 is 2.06 bits per heavy atom. The molecule has 2 atom stereocenters. The average Bonchev–Trinajstić information content (AvgIpc) is 2.39. The second-order valence-corrected chi connectivity index (χ2v) is 5.62. The Balaban J connectivity index is 1.80. The highest BCUT2D eigenvalue weighted by Gasteiger charge is 2.30. The van der Waals surface area contributed by atoms with Crippen molar-refractivity contribution in [2.75, 3.05) is 26.2 Å². The Hall–Kier alpha value is -0.610. The minimum Gasteiger partial charge on any atom is -0.378 e. The van der Waals surface area contributed by atoms with Crippen molar-refractivity contribution in [3.05, 3.63) is 0 Å². The number of hydrogen-bond acceptors (Lipinski definition) is 3. The molecule has 0 spiro atoms. The van der Waals surface area contributed by atoms with E-state index in [4.69, 9.17) is 4.74 Å². The summed E-state index contributed by atoms with van der Waals surface area (Å²) in [6.07, 6.45) is 4.52. The molecule has 2 heterocycles. The molecule has 2 aliphatic rings. The molecule has 0 aromatic rings. The van der Waals surface area contributed by atoms with Crippen LogP contribution in [0.3, 0.4) is 0 Å². The third-order valence-electron chi connectivity index (χ3n) is 4.12. The number of ether oxygens (including phenoxy) is 1. The van der Waals surface area contributed by atoms with Gasteiger partial charge in [0, 0.05) is 19.7 Å². The Labute approximate surface area is 110 Å². The molecule has 104 valence electrons. The number of carbonyl (C=O) groups excluding carboxylic acids is 1. The van der Waals surface area contributed by atoms with Crippen LogP contribution in [0, 0.1) is 5.92 Å². The standard InChI is InChI=1S/C14H26N2O2/c1-3-18-12-5-8-16(9-6-12)14(17)13-10-11(2)4-7-15-13/h11-13,15H,3-10H2,1-2H3. The molecular weight excluding hydrogens is 228 g/mol. The summed E-state index contributed by atoms with van der Waals surface area (Å²) < 4.78 is 5.62. The van der Waals surface area contributed by atoms with Crippen molar-refractivity contribution in [2.45, 2.75) is 51.7 Å². The summed E-state index contributed by atoms with van der Waals surface area (Å²) in [5.74, 6) is 0.970. The van der Waals surface area contributed by atoms with Crippen molar-refractivity contribution < 1.29 is 9.53 Å². The van der Waals surface area contributed by atoms with Crippen molar-refractivity contribution in [1.82, 2.24) is 10.2 Å². The summed E-state index contributed by atoms with van der Waals surface area (Å²) in [6, 6.07) is 0.0531. The summed E-state index contributed by atoms with van der Waals surface area (Å²) in [5, 5.41) is 3.36. The van der Waals surface area contributed by atoms with Gasteiger partial charge in [-0.05, 0) is 45.1 Å². The lowest BCUT2D eigenvalue weighted by molar-refractivity contribution is -0.137. The van der Waals surface area contributed by atoms with Crippen LogP contribution in [0.4, 0.5) is 0 Å². The van der Waals surface area contributed by atoms with Gasteiger partial charge < -0.3 is 15.0 Å². The van der Waals surface area contributed by atoms with Gasteiger partial charge in [0.05, 0.1) is 12.1 Å². The third kappa shape index (κ3) is 3.45. The molecule has 0 radical (unpaired) electrons. The molecule has 2 rings (SSSR count). The van der Waals surface area contributed by atoms with Crippen LogP contribution >= 0.6 is 0 Å². The fourth-order valence-electron chi connectivity index (χ4n) is 2.99. The summed E-state index contributed by atoms with van der Waals surface area (Å²) >= 11 is 0. The van der Waals surface area contributed by atoms with E-state index >= 15 is 0 Å². The van der Waals surface area contributed by atoms with Crippen molar-refractivity contribution in [3.63, 3.8) is 0 Å². The number of hydrogen-bond donors (Lipinski definition) is 1. The Bertz CT molecular complexity index is 275. The van der Waals surface area contributed by atoms with E-state index in [2.05, 4.69) is 12.2 Å². The lowest BCUT2D eigenvalue weighted by atomic mass is 9.93. The third-order valence-corrected chi connectivity index (χ3v) is 4.12. The van der Waals surface area contributed by atoms with Crippen LogP contribution < -0.4 is 5.32 Å². The number of likely N-dealkylation sites (tertiary alicyclic amines) is 1. The minimum absolute atomic E-state index is 0.0531. The Morgan fingerprint density at radius 1 is 1.33 bits per heavy atom. The molecule has 2 aliphatic heterocycles. The van der Waals surface area contributed by atoms with Crippen LogP contribution in [0.25, 0.3) is 0 Å². The van der Waals surface area contributed by atoms with E-state index in [0.717, 1.165) is 45.5 Å². The topological polar surface area (TPSA) is 41.6 Å². The van der Waals surface area contributed by atoms with Crippen LogP contribution in [0.5, 0.6) is 0 Å². The van der Waals surface area contributed by atoms with E-state index in [-0.39, 0.29) is 6.04 Å². The van der Waals surface area contributed by atoms with Crippen LogP contribution in [-0.4, -0.2) is 49.2 Å². The van der Waals surface area contributed by atoms with E-state index in [9.17, 15) is 4.79 Å². The van der Waals surface area contributed by atoms with Gasteiger partial charge in [-0.3, -0.25) is 4.79 Å². The molecule has 0 saturated carbocycles. The number of nitrogens with one attached hydrogen (secondary N) is 1. The van der Waals surface area contributed by atoms with Gasteiger partial charge in [0.2, 0.25) is 5.91 Å². The number of nitrogens with zero attached hydrogens (tertiary/aromatic N) is 1. The van der Waals surface area contributed by atoms with Crippen LogP contribution in [0.15, 0.2) is 0 Å². The van der Waals surface area contributed by atoms with Gasteiger partial charge in [-0.15, -0.1) is 0 Å². The SMILES string of the molecule is CCOC1CCN(C(=O)C2CC(C)CCN2)CC1. The van der Waals surface area contributed by atoms with Gasteiger partial charge in [0.15, 0.2) is 0 Å². The zero-order valence-electron chi connectivity index (χ0n) is 11.7. The normalized spacial score (nSPS) is 30.4. The maximum atomic E-state index is 12.4. The second-order valence-electron chi connectivity index (χ2n) is 5.62. The second kappa shape index (κ2) is 6.53. The van der Waals surface area contributed by atoms with Gasteiger partial charge in [0.1, 0.15) is 0 Å². The van der Waals surface area contributed by atoms with Gasteiger partial charge >= 0.3 is 0 Å². The summed E-state index contributed by atoms with van der Waals surface area (Å²) in [4.78, 5) is 14.4. The van der Waals surface area contributed by atoms with E-state index in [1.807, 2.05) is 11.8 Å². The van der Waals surface area contributed by atoms with E-state index in [1.165, 1.54) is 6.42 Å². The molecule has 2 saturated heterocycles. The van der Waals surface area contributed by atoms with Crippen molar-refractivity contribution >= 4 is 5.91 Å². The zero-order valence-corrected chi connectivity index (χ0v) is 11.7. The van der Waals surface area contributed by atoms with E-state index < -0.39 is 0 Å². The van der Waals surface area contributed by atoms with Crippen LogP contribution in [0.2, 0.25) is 0 Å². The lowest BCUT2D eigenvalue weighted by Gasteiger charge is -2.36. The fraction of sp³-hybridized carbons (Fsp3) is 0.929. The van der Waals surface area contributed by atoms with Crippen molar-refractivity contribution in [1.29, 1.82) is 0 Å². The van der Waals surface area contributed by atoms with Crippen molar-refractivity contribution in [3.8, 4) is 0 Å². The summed E-state index contributed by atoms with van der Waals surface area (Å²) in [6.45, 7) is 7.74. The highest BCUT2D eigenvalue weighted by atomic mass is 16.5. The molecule has 1 N–H and O–H groups in total. The fourth-order valence-corrected chi connectivity index (χ4v) is 2.99. The molecule has 2 unspecified atom stereocenters. The molecule has 0 aliphatic carbocycles. The maximum absolute atomic E-state index is 12.4. The van der Waals surface area contributed by atoms with Crippen LogP contribution in [-0.2, 0) is 9.53 Å². The first kappa shape index (κ1) is 13.8. The molecule has 0 aromatic carbocycles. The van der Waals surface area contributed by atoms with E-state index in [1.54, 1.807) is 0 Å². The summed E-state index contributed by atoms with van der Waals surface area (Å²) in [5.41, 5.74) is 0. The molecule has 0 bridgehead atoms. The van der Waals surface area contributed by atoms with Gasteiger partial charge in [-0.25, -0.2) is 0 Å². The molecule has 4 nitrogen and oxygen atoms in total.